The van der Waals surface area contributed by atoms with E-state index in [-0.39, 0.29) is 5.56 Å². The lowest BCUT2D eigenvalue weighted by atomic mass is 10.3. The van der Waals surface area contributed by atoms with E-state index in [1.807, 2.05) is 30.3 Å². The Morgan fingerprint density at radius 1 is 1.38 bits per heavy atom. The maximum Gasteiger partial charge on any atom is 0.291 e. The fourth-order valence-electron chi connectivity index (χ4n) is 1.60. The van der Waals surface area contributed by atoms with Crippen molar-refractivity contribution in [2.24, 2.45) is 0 Å². The van der Waals surface area contributed by atoms with E-state index in [0.29, 0.717) is 4.96 Å². The SMILES string of the molecule is N#Cc1cn2c(nc1=O)sc1ccccc12. The fourth-order valence-corrected chi connectivity index (χ4v) is 2.59. The van der Waals surface area contributed by atoms with Crippen LogP contribution in [-0.2, 0) is 0 Å². The number of aromatic nitrogens is 2. The Labute approximate surface area is 94.0 Å². The number of nitriles is 1. The van der Waals surface area contributed by atoms with E-state index in [1.165, 1.54) is 11.3 Å². The number of benzene rings is 1. The Morgan fingerprint density at radius 3 is 3.00 bits per heavy atom. The van der Waals surface area contributed by atoms with Gasteiger partial charge in [-0.1, -0.05) is 23.5 Å². The lowest BCUT2D eigenvalue weighted by Crippen LogP contribution is -2.11. The van der Waals surface area contributed by atoms with Crippen LogP contribution in [0.5, 0.6) is 0 Å². The summed E-state index contributed by atoms with van der Waals surface area (Å²) in [5.41, 5.74) is 0.571. The molecule has 0 bridgehead atoms. The third-order valence-corrected chi connectivity index (χ3v) is 3.37. The molecule has 0 saturated carbocycles. The maximum atomic E-state index is 11.4. The zero-order valence-corrected chi connectivity index (χ0v) is 8.86. The number of nitrogens with zero attached hydrogens (tertiary/aromatic N) is 3. The fraction of sp³-hybridized carbons (Fsp3) is 0. The van der Waals surface area contributed by atoms with E-state index in [9.17, 15) is 4.79 Å². The maximum absolute atomic E-state index is 11.4. The third kappa shape index (κ3) is 1.14. The standard InChI is InChI=1S/C11H5N3OS/c12-5-7-6-14-8-3-1-2-4-9(8)16-11(14)13-10(7)15/h1-4,6H. The molecule has 0 aliphatic carbocycles. The second kappa shape index (κ2) is 3.15. The molecular formula is C11H5N3OS. The summed E-state index contributed by atoms with van der Waals surface area (Å²) in [6.07, 6.45) is 1.55. The van der Waals surface area contributed by atoms with Gasteiger partial charge in [-0.2, -0.15) is 10.2 Å². The average Bonchev–Trinajstić information content (AvgIpc) is 2.65. The first-order valence-electron chi connectivity index (χ1n) is 4.60. The Balaban J connectivity index is 2.58. The summed E-state index contributed by atoms with van der Waals surface area (Å²) >= 11 is 1.44. The van der Waals surface area contributed by atoms with Gasteiger partial charge in [0.25, 0.3) is 5.56 Å². The highest BCUT2D eigenvalue weighted by atomic mass is 32.1. The molecule has 2 heterocycles. The van der Waals surface area contributed by atoms with Crippen molar-refractivity contribution < 1.29 is 0 Å². The molecule has 0 radical (unpaired) electrons. The molecule has 5 heteroatoms. The van der Waals surface area contributed by atoms with Gasteiger partial charge < -0.3 is 0 Å². The number of thiazole rings is 1. The molecule has 4 nitrogen and oxygen atoms in total. The van der Waals surface area contributed by atoms with E-state index in [2.05, 4.69) is 4.98 Å². The van der Waals surface area contributed by atoms with E-state index in [0.717, 1.165) is 10.2 Å². The molecule has 0 spiro atoms. The molecule has 0 aliphatic rings. The molecule has 0 N–H and O–H groups in total. The van der Waals surface area contributed by atoms with Crippen LogP contribution in [0.2, 0.25) is 0 Å². The predicted octanol–water partition coefficient (Wildman–Crippen LogP) is 1.78. The largest absolute Gasteiger partial charge is 0.291 e. The number of hydrogen-bond acceptors (Lipinski definition) is 4. The Hall–Kier alpha value is -2.19. The Morgan fingerprint density at radius 2 is 2.19 bits per heavy atom. The van der Waals surface area contributed by atoms with Crippen LogP contribution in [0.25, 0.3) is 15.2 Å². The molecule has 16 heavy (non-hydrogen) atoms. The van der Waals surface area contributed by atoms with E-state index in [1.54, 1.807) is 10.6 Å². The van der Waals surface area contributed by atoms with Crippen molar-refractivity contribution in [1.82, 2.24) is 9.38 Å². The van der Waals surface area contributed by atoms with Gasteiger partial charge >= 0.3 is 0 Å². The topological polar surface area (TPSA) is 58.2 Å². The monoisotopic (exact) mass is 227 g/mol. The lowest BCUT2D eigenvalue weighted by molar-refractivity contribution is 1.12. The van der Waals surface area contributed by atoms with Crippen molar-refractivity contribution in [3.05, 3.63) is 46.4 Å². The van der Waals surface area contributed by atoms with Crippen molar-refractivity contribution in [3.63, 3.8) is 0 Å². The van der Waals surface area contributed by atoms with Crippen molar-refractivity contribution in [2.45, 2.75) is 0 Å². The number of hydrogen-bond donors (Lipinski definition) is 0. The molecule has 0 aliphatic heterocycles. The number of fused-ring (bicyclic) bond motifs is 3. The van der Waals surface area contributed by atoms with Crippen molar-refractivity contribution >= 4 is 26.5 Å². The van der Waals surface area contributed by atoms with Gasteiger partial charge in [0.1, 0.15) is 11.6 Å². The smallest absolute Gasteiger partial charge is 0.290 e. The molecule has 3 aromatic rings. The van der Waals surface area contributed by atoms with Crippen LogP contribution in [-0.4, -0.2) is 9.38 Å². The number of para-hydroxylation sites is 1. The molecule has 0 fully saturated rings. The first-order chi connectivity index (χ1) is 7.79. The minimum absolute atomic E-state index is 0.0704. The van der Waals surface area contributed by atoms with Gasteiger partial charge in [-0.05, 0) is 12.1 Å². The predicted molar refractivity (Wildman–Crippen MR) is 61.6 cm³/mol. The summed E-state index contributed by atoms with van der Waals surface area (Å²) in [6, 6.07) is 9.60. The van der Waals surface area contributed by atoms with Crippen LogP contribution in [0.15, 0.2) is 35.3 Å². The van der Waals surface area contributed by atoms with Gasteiger partial charge in [0, 0.05) is 6.20 Å². The minimum atomic E-state index is -0.464. The first-order valence-corrected chi connectivity index (χ1v) is 5.42. The minimum Gasteiger partial charge on any atom is -0.290 e. The lowest BCUT2D eigenvalue weighted by Gasteiger charge is -1.94. The molecule has 0 atom stereocenters. The van der Waals surface area contributed by atoms with Crippen LogP contribution >= 0.6 is 11.3 Å². The van der Waals surface area contributed by atoms with Gasteiger partial charge in [-0.25, -0.2) is 0 Å². The van der Waals surface area contributed by atoms with E-state index >= 15 is 0 Å². The van der Waals surface area contributed by atoms with Gasteiger partial charge in [-0.3, -0.25) is 9.20 Å². The van der Waals surface area contributed by atoms with E-state index in [4.69, 9.17) is 5.26 Å². The van der Waals surface area contributed by atoms with Gasteiger partial charge in [0.2, 0.25) is 0 Å². The summed E-state index contributed by atoms with van der Waals surface area (Å²) in [4.78, 5) is 15.9. The highest BCUT2D eigenvalue weighted by Crippen LogP contribution is 2.23. The van der Waals surface area contributed by atoms with Crippen molar-refractivity contribution in [1.29, 1.82) is 5.26 Å². The summed E-state index contributed by atoms with van der Waals surface area (Å²) in [5, 5.41) is 8.79. The zero-order chi connectivity index (χ0) is 11.1. The third-order valence-electron chi connectivity index (χ3n) is 2.34. The van der Waals surface area contributed by atoms with Crippen LogP contribution in [0.3, 0.4) is 0 Å². The highest BCUT2D eigenvalue weighted by molar-refractivity contribution is 7.23. The first kappa shape index (κ1) is 9.07. The molecule has 0 unspecified atom stereocenters. The summed E-state index contributed by atoms with van der Waals surface area (Å²) in [7, 11) is 0. The highest BCUT2D eigenvalue weighted by Gasteiger charge is 2.07. The van der Waals surface area contributed by atoms with Gasteiger partial charge in [-0.15, -0.1) is 0 Å². The van der Waals surface area contributed by atoms with Crippen LogP contribution in [0, 0.1) is 11.3 Å². The summed E-state index contributed by atoms with van der Waals surface area (Å²) < 4.78 is 2.82. The summed E-state index contributed by atoms with van der Waals surface area (Å²) in [5.74, 6) is 0. The Kier molecular flexibility index (Phi) is 1.79. The normalized spacial score (nSPS) is 10.7. The second-order valence-electron chi connectivity index (χ2n) is 3.29. The molecule has 2 aromatic heterocycles. The molecule has 0 saturated heterocycles. The molecule has 0 amide bonds. The Bertz CT molecular complexity index is 794. The van der Waals surface area contributed by atoms with Crippen LogP contribution in [0.1, 0.15) is 5.56 Å². The second-order valence-corrected chi connectivity index (χ2v) is 4.30. The van der Waals surface area contributed by atoms with Crippen LogP contribution < -0.4 is 5.56 Å². The van der Waals surface area contributed by atoms with Crippen molar-refractivity contribution in [3.8, 4) is 6.07 Å². The zero-order valence-electron chi connectivity index (χ0n) is 8.04. The van der Waals surface area contributed by atoms with Crippen molar-refractivity contribution in [2.75, 3.05) is 0 Å². The number of rotatable bonds is 0. The molecule has 76 valence electrons. The molecule has 1 aromatic carbocycles. The average molecular weight is 227 g/mol. The van der Waals surface area contributed by atoms with Gasteiger partial charge in [0.05, 0.1) is 10.2 Å². The van der Waals surface area contributed by atoms with Crippen LogP contribution in [0.4, 0.5) is 0 Å². The van der Waals surface area contributed by atoms with E-state index < -0.39 is 5.56 Å². The molecular weight excluding hydrogens is 222 g/mol. The quantitative estimate of drug-likeness (QED) is 0.588. The van der Waals surface area contributed by atoms with Gasteiger partial charge in [0.15, 0.2) is 4.96 Å². The summed E-state index contributed by atoms with van der Waals surface area (Å²) in [6.45, 7) is 0. The molecule has 3 rings (SSSR count).